The number of rotatable bonds is 4. The number of nitro groups is 1. The lowest BCUT2D eigenvalue weighted by molar-refractivity contribution is -0.384. The Morgan fingerprint density at radius 1 is 1.32 bits per heavy atom. The van der Waals surface area contributed by atoms with Crippen LogP contribution in [0.25, 0.3) is 6.08 Å². The number of carbonyl (C=O) groups excluding carboxylic acids is 1. The monoisotopic (exact) mass is 355 g/mol. The second kappa shape index (κ2) is 7.28. The van der Waals surface area contributed by atoms with Gasteiger partial charge in [-0.15, -0.1) is 11.3 Å². The van der Waals surface area contributed by atoms with Crippen molar-refractivity contribution in [2.24, 2.45) is 0 Å². The zero-order valence-electron chi connectivity index (χ0n) is 14.1. The van der Waals surface area contributed by atoms with Gasteiger partial charge in [0.2, 0.25) is 5.91 Å². The zero-order chi connectivity index (χ0) is 18.6. The maximum Gasteiger partial charge on any atom is 0.269 e. The lowest BCUT2D eigenvalue weighted by Crippen LogP contribution is -2.13. The molecule has 1 aromatic heterocycles. The molecule has 0 saturated heterocycles. The number of nitrogens with one attached hydrogen (secondary N) is 1. The van der Waals surface area contributed by atoms with Gasteiger partial charge in [-0.1, -0.05) is 20.8 Å². The number of carbonyl (C=O) groups is 1. The molecule has 1 heterocycles. The molecule has 0 aliphatic carbocycles. The fraction of sp³-hybridized carbons (Fsp3) is 0.222. The summed E-state index contributed by atoms with van der Waals surface area (Å²) in [7, 11) is 0. The van der Waals surface area contributed by atoms with Crippen molar-refractivity contribution in [3.8, 4) is 6.07 Å². The summed E-state index contributed by atoms with van der Waals surface area (Å²) in [5.74, 6) is -0.364. The Hall–Kier alpha value is -2.98. The van der Waals surface area contributed by atoms with Crippen molar-refractivity contribution in [1.29, 1.82) is 5.26 Å². The number of non-ortho nitro benzene ring substituents is 1. The number of amides is 1. The molecule has 0 bridgehead atoms. The van der Waals surface area contributed by atoms with Gasteiger partial charge in [-0.25, -0.2) is 0 Å². The number of anilines is 1. The van der Waals surface area contributed by atoms with Crippen molar-refractivity contribution < 1.29 is 9.72 Å². The number of nitrogens with zero attached hydrogens (tertiary/aromatic N) is 2. The Bertz CT molecular complexity index is 868. The predicted molar refractivity (Wildman–Crippen MR) is 98.5 cm³/mol. The third-order valence-corrected chi connectivity index (χ3v) is 4.37. The van der Waals surface area contributed by atoms with Crippen molar-refractivity contribution in [3.63, 3.8) is 0 Å². The molecule has 1 N–H and O–H groups in total. The van der Waals surface area contributed by atoms with Gasteiger partial charge in [0.15, 0.2) is 0 Å². The maximum atomic E-state index is 12.1. The van der Waals surface area contributed by atoms with Crippen LogP contribution in [0.15, 0.2) is 35.7 Å². The lowest BCUT2D eigenvalue weighted by atomic mass is 9.86. The Balaban J connectivity index is 2.11. The Kier molecular flexibility index (Phi) is 5.35. The highest BCUT2D eigenvalue weighted by Crippen LogP contribution is 2.35. The van der Waals surface area contributed by atoms with E-state index in [9.17, 15) is 20.2 Å². The summed E-state index contributed by atoms with van der Waals surface area (Å²) in [6, 6.07) is 8.03. The molecule has 2 aromatic rings. The highest BCUT2D eigenvalue weighted by atomic mass is 32.1. The summed E-state index contributed by atoms with van der Waals surface area (Å²) in [6.07, 6.45) is 2.89. The van der Waals surface area contributed by atoms with E-state index in [1.807, 2.05) is 26.2 Å². The quantitative estimate of drug-likeness (QED) is 0.497. The van der Waals surface area contributed by atoms with Gasteiger partial charge in [0, 0.05) is 18.2 Å². The number of thiophene rings is 1. The van der Waals surface area contributed by atoms with Crippen LogP contribution in [0.3, 0.4) is 0 Å². The van der Waals surface area contributed by atoms with Gasteiger partial charge in [-0.05, 0) is 40.1 Å². The van der Waals surface area contributed by atoms with E-state index in [2.05, 4.69) is 11.4 Å². The highest BCUT2D eigenvalue weighted by Gasteiger charge is 2.22. The van der Waals surface area contributed by atoms with E-state index in [1.165, 1.54) is 29.5 Å². The number of benzene rings is 1. The third-order valence-electron chi connectivity index (χ3n) is 3.48. The molecule has 25 heavy (non-hydrogen) atoms. The molecule has 0 aliphatic heterocycles. The minimum Gasteiger partial charge on any atom is -0.313 e. The second-order valence-corrected chi connectivity index (χ2v) is 7.27. The first-order chi connectivity index (χ1) is 11.7. The van der Waals surface area contributed by atoms with Crippen LogP contribution in [-0.2, 0) is 10.2 Å². The van der Waals surface area contributed by atoms with Crippen molar-refractivity contribution in [3.05, 3.63) is 62.5 Å². The average molecular weight is 355 g/mol. The number of hydrogen-bond acceptors (Lipinski definition) is 5. The minimum absolute atomic E-state index is 0.00596. The summed E-state index contributed by atoms with van der Waals surface area (Å²) in [4.78, 5) is 22.2. The SMILES string of the molecule is CC(C)(C)c1csc(NC(=O)/C=C/c2ccc([N+](=O)[O-])cc2)c1C#N. The highest BCUT2D eigenvalue weighted by molar-refractivity contribution is 7.14. The molecule has 0 radical (unpaired) electrons. The van der Waals surface area contributed by atoms with Crippen LogP contribution < -0.4 is 5.32 Å². The van der Waals surface area contributed by atoms with Gasteiger partial charge in [0.05, 0.1) is 10.5 Å². The van der Waals surface area contributed by atoms with E-state index in [0.29, 0.717) is 16.1 Å². The second-order valence-electron chi connectivity index (χ2n) is 6.39. The third kappa shape index (κ3) is 4.52. The Labute approximate surface area is 149 Å². The van der Waals surface area contributed by atoms with E-state index in [4.69, 9.17) is 0 Å². The van der Waals surface area contributed by atoms with Crippen LogP contribution in [0.5, 0.6) is 0 Å². The van der Waals surface area contributed by atoms with Crippen LogP contribution in [0.2, 0.25) is 0 Å². The van der Waals surface area contributed by atoms with Gasteiger partial charge in [0.25, 0.3) is 5.69 Å². The van der Waals surface area contributed by atoms with E-state index < -0.39 is 4.92 Å². The van der Waals surface area contributed by atoms with Crippen LogP contribution in [-0.4, -0.2) is 10.8 Å². The molecule has 1 amide bonds. The molecule has 0 fully saturated rings. The molecule has 7 heteroatoms. The van der Waals surface area contributed by atoms with Gasteiger partial charge in [-0.2, -0.15) is 5.26 Å². The lowest BCUT2D eigenvalue weighted by Gasteiger charge is -2.17. The molecule has 1 aromatic carbocycles. The van der Waals surface area contributed by atoms with Crippen molar-refractivity contribution in [2.75, 3.05) is 5.32 Å². The first-order valence-corrected chi connectivity index (χ1v) is 8.36. The molecular formula is C18H17N3O3S. The van der Waals surface area contributed by atoms with Crippen LogP contribution >= 0.6 is 11.3 Å². The van der Waals surface area contributed by atoms with Crippen LogP contribution in [0.1, 0.15) is 37.5 Å². The van der Waals surface area contributed by atoms with E-state index in [0.717, 1.165) is 5.56 Å². The molecule has 0 saturated carbocycles. The van der Waals surface area contributed by atoms with Gasteiger partial charge < -0.3 is 5.32 Å². The minimum atomic E-state index is -0.479. The number of nitriles is 1. The van der Waals surface area contributed by atoms with Crippen LogP contribution in [0, 0.1) is 21.4 Å². The van der Waals surface area contributed by atoms with Gasteiger partial charge in [0.1, 0.15) is 11.1 Å². The average Bonchev–Trinajstić information content (AvgIpc) is 2.96. The molecule has 0 spiro atoms. The first kappa shape index (κ1) is 18.4. The molecule has 0 atom stereocenters. The normalized spacial score (nSPS) is 11.3. The fourth-order valence-electron chi connectivity index (χ4n) is 2.15. The van der Waals surface area contributed by atoms with E-state index in [-0.39, 0.29) is 17.0 Å². The summed E-state index contributed by atoms with van der Waals surface area (Å²) >= 11 is 1.32. The smallest absolute Gasteiger partial charge is 0.269 e. The summed E-state index contributed by atoms with van der Waals surface area (Å²) < 4.78 is 0. The van der Waals surface area contributed by atoms with Crippen molar-refractivity contribution >= 4 is 34.0 Å². The zero-order valence-corrected chi connectivity index (χ0v) is 14.9. The summed E-state index contributed by atoms with van der Waals surface area (Å²) in [6.45, 7) is 6.03. The summed E-state index contributed by atoms with van der Waals surface area (Å²) in [5.41, 5.74) is 1.86. The maximum absolute atomic E-state index is 12.1. The van der Waals surface area contributed by atoms with Gasteiger partial charge >= 0.3 is 0 Å². The molecule has 0 unspecified atom stereocenters. The Morgan fingerprint density at radius 3 is 2.48 bits per heavy atom. The number of nitro benzene ring substituents is 1. The van der Waals surface area contributed by atoms with E-state index >= 15 is 0 Å². The summed E-state index contributed by atoms with van der Waals surface area (Å²) in [5, 5.41) is 25.1. The number of hydrogen-bond donors (Lipinski definition) is 1. The topological polar surface area (TPSA) is 96.0 Å². The molecular weight excluding hydrogens is 338 g/mol. The predicted octanol–water partition coefficient (Wildman–Crippen LogP) is 4.48. The molecule has 0 aliphatic rings. The standard InChI is InChI=1S/C18H17N3O3S/c1-18(2,3)15-11-25-17(14(15)10-19)20-16(22)9-6-12-4-7-13(8-5-12)21(23)24/h4-9,11H,1-3H3,(H,20,22)/b9-6+. The molecule has 128 valence electrons. The van der Waals surface area contributed by atoms with E-state index in [1.54, 1.807) is 18.2 Å². The first-order valence-electron chi connectivity index (χ1n) is 7.48. The Morgan fingerprint density at radius 2 is 1.96 bits per heavy atom. The largest absolute Gasteiger partial charge is 0.313 e. The van der Waals surface area contributed by atoms with Crippen molar-refractivity contribution in [2.45, 2.75) is 26.2 Å². The molecule has 2 rings (SSSR count). The van der Waals surface area contributed by atoms with Gasteiger partial charge in [-0.3, -0.25) is 14.9 Å². The molecule has 6 nitrogen and oxygen atoms in total. The van der Waals surface area contributed by atoms with Crippen molar-refractivity contribution in [1.82, 2.24) is 0 Å². The van der Waals surface area contributed by atoms with Crippen LogP contribution in [0.4, 0.5) is 10.7 Å². The fourth-order valence-corrected chi connectivity index (χ4v) is 3.29.